The molecule has 1 aliphatic rings. The monoisotopic (exact) mass is 294 g/mol. The van der Waals surface area contributed by atoms with Gasteiger partial charge in [-0.05, 0) is 32.6 Å². The Morgan fingerprint density at radius 3 is 2.95 bits per heavy atom. The van der Waals surface area contributed by atoms with E-state index in [9.17, 15) is 0 Å². The zero-order valence-electron chi connectivity index (χ0n) is 12.6. The van der Waals surface area contributed by atoms with Gasteiger partial charge < -0.3 is 10.6 Å². The lowest BCUT2D eigenvalue weighted by Gasteiger charge is -2.10. The van der Waals surface area contributed by atoms with E-state index in [1.54, 1.807) is 11.3 Å². The molecule has 20 heavy (non-hydrogen) atoms. The lowest BCUT2D eigenvalue weighted by molar-refractivity contribution is 0.670. The highest BCUT2D eigenvalue weighted by Crippen LogP contribution is 2.33. The SMILES string of the molecule is CCNC(=NCCCC1CC1)NCCc1csc(C)n1. The van der Waals surface area contributed by atoms with E-state index >= 15 is 0 Å². The van der Waals surface area contributed by atoms with Gasteiger partial charge in [0.05, 0.1) is 10.7 Å². The highest BCUT2D eigenvalue weighted by atomic mass is 32.1. The van der Waals surface area contributed by atoms with Crippen molar-refractivity contribution in [1.82, 2.24) is 15.6 Å². The average Bonchev–Trinajstić information content (AvgIpc) is 3.17. The number of aryl methyl sites for hydroxylation is 1. The van der Waals surface area contributed by atoms with Crippen LogP contribution in [0.25, 0.3) is 0 Å². The van der Waals surface area contributed by atoms with Crippen LogP contribution in [0.4, 0.5) is 0 Å². The van der Waals surface area contributed by atoms with Gasteiger partial charge in [-0.3, -0.25) is 4.99 Å². The maximum atomic E-state index is 4.63. The first kappa shape index (κ1) is 15.3. The number of hydrogen-bond acceptors (Lipinski definition) is 3. The molecule has 0 aliphatic heterocycles. The minimum atomic E-state index is 0.887. The zero-order valence-corrected chi connectivity index (χ0v) is 13.4. The predicted octanol–water partition coefficient (Wildman–Crippen LogP) is 2.74. The van der Waals surface area contributed by atoms with Crippen molar-refractivity contribution in [2.45, 2.75) is 46.0 Å². The van der Waals surface area contributed by atoms with E-state index in [-0.39, 0.29) is 0 Å². The molecule has 0 unspecified atom stereocenters. The van der Waals surface area contributed by atoms with Gasteiger partial charge in [0, 0.05) is 31.4 Å². The summed E-state index contributed by atoms with van der Waals surface area (Å²) in [6.07, 6.45) is 6.40. The summed E-state index contributed by atoms with van der Waals surface area (Å²) in [5.41, 5.74) is 1.17. The fourth-order valence-electron chi connectivity index (χ4n) is 2.15. The van der Waals surface area contributed by atoms with Crippen LogP contribution in [0, 0.1) is 12.8 Å². The molecular formula is C15H26N4S. The minimum Gasteiger partial charge on any atom is -0.357 e. The lowest BCUT2D eigenvalue weighted by atomic mass is 10.2. The second-order valence-corrected chi connectivity index (χ2v) is 6.44. The smallest absolute Gasteiger partial charge is 0.191 e. The molecule has 0 aromatic carbocycles. The Kier molecular flexibility index (Phi) is 6.30. The molecule has 2 rings (SSSR count). The summed E-state index contributed by atoms with van der Waals surface area (Å²) in [6, 6.07) is 0. The molecule has 0 radical (unpaired) electrons. The third kappa shape index (κ3) is 5.90. The quantitative estimate of drug-likeness (QED) is 0.440. The van der Waals surface area contributed by atoms with Crippen molar-refractivity contribution in [1.29, 1.82) is 0 Å². The number of thiazole rings is 1. The second-order valence-electron chi connectivity index (χ2n) is 5.38. The van der Waals surface area contributed by atoms with Crippen molar-refractivity contribution in [2.24, 2.45) is 10.9 Å². The van der Waals surface area contributed by atoms with E-state index in [0.29, 0.717) is 0 Å². The van der Waals surface area contributed by atoms with Crippen LogP contribution in [-0.2, 0) is 6.42 Å². The Labute approximate surface area is 126 Å². The van der Waals surface area contributed by atoms with Crippen molar-refractivity contribution in [3.63, 3.8) is 0 Å². The number of guanidine groups is 1. The lowest BCUT2D eigenvalue weighted by Crippen LogP contribution is -2.38. The van der Waals surface area contributed by atoms with Crippen LogP contribution in [0.1, 0.15) is 43.3 Å². The first-order valence-electron chi connectivity index (χ1n) is 7.71. The summed E-state index contributed by atoms with van der Waals surface area (Å²) in [6.45, 7) is 6.88. The zero-order chi connectivity index (χ0) is 14.2. The predicted molar refractivity (Wildman–Crippen MR) is 86.5 cm³/mol. The Morgan fingerprint density at radius 2 is 2.30 bits per heavy atom. The van der Waals surface area contributed by atoms with Gasteiger partial charge in [0.2, 0.25) is 0 Å². The number of nitrogens with one attached hydrogen (secondary N) is 2. The molecule has 5 heteroatoms. The van der Waals surface area contributed by atoms with Gasteiger partial charge in [-0.25, -0.2) is 4.98 Å². The van der Waals surface area contributed by atoms with Crippen molar-refractivity contribution in [3.05, 3.63) is 16.1 Å². The number of hydrogen-bond donors (Lipinski definition) is 2. The maximum Gasteiger partial charge on any atom is 0.191 e. The Bertz CT molecular complexity index is 423. The molecule has 0 bridgehead atoms. The number of aliphatic imine (C=N–C) groups is 1. The van der Waals surface area contributed by atoms with Crippen LogP contribution in [0.3, 0.4) is 0 Å². The first-order chi connectivity index (χ1) is 9.78. The highest BCUT2D eigenvalue weighted by molar-refractivity contribution is 7.09. The van der Waals surface area contributed by atoms with Gasteiger partial charge in [-0.15, -0.1) is 11.3 Å². The first-order valence-corrected chi connectivity index (χ1v) is 8.59. The van der Waals surface area contributed by atoms with E-state index < -0.39 is 0 Å². The Balaban J connectivity index is 1.65. The second kappa shape index (κ2) is 8.25. The van der Waals surface area contributed by atoms with E-state index in [1.807, 2.05) is 6.92 Å². The van der Waals surface area contributed by atoms with E-state index in [2.05, 4.69) is 32.9 Å². The molecule has 1 saturated carbocycles. The molecule has 1 heterocycles. The van der Waals surface area contributed by atoms with Crippen LogP contribution in [-0.4, -0.2) is 30.6 Å². The summed E-state index contributed by atoms with van der Waals surface area (Å²) in [4.78, 5) is 9.10. The fraction of sp³-hybridized carbons (Fsp3) is 0.733. The molecule has 2 N–H and O–H groups in total. The molecule has 1 fully saturated rings. The molecule has 0 amide bonds. The fourth-order valence-corrected chi connectivity index (χ4v) is 2.80. The summed E-state index contributed by atoms with van der Waals surface area (Å²) in [7, 11) is 0. The number of rotatable bonds is 8. The maximum absolute atomic E-state index is 4.63. The molecule has 0 atom stereocenters. The van der Waals surface area contributed by atoms with Crippen LogP contribution >= 0.6 is 11.3 Å². The third-order valence-corrected chi connectivity index (χ3v) is 4.24. The highest BCUT2D eigenvalue weighted by Gasteiger charge is 2.19. The molecule has 4 nitrogen and oxygen atoms in total. The third-order valence-electron chi connectivity index (χ3n) is 3.42. The van der Waals surface area contributed by atoms with E-state index in [0.717, 1.165) is 42.9 Å². The van der Waals surface area contributed by atoms with Crippen molar-refractivity contribution in [2.75, 3.05) is 19.6 Å². The van der Waals surface area contributed by atoms with Gasteiger partial charge in [-0.1, -0.05) is 12.8 Å². The molecular weight excluding hydrogens is 268 g/mol. The van der Waals surface area contributed by atoms with E-state index in [1.165, 1.54) is 31.4 Å². The molecule has 0 spiro atoms. The van der Waals surface area contributed by atoms with Crippen molar-refractivity contribution >= 4 is 17.3 Å². The number of aromatic nitrogens is 1. The summed E-state index contributed by atoms with van der Waals surface area (Å²) < 4.78 is 0. The van der Waals surface area contributed by atoms with Gasteiger partial charge in [0.25, 0.3) is 0 Å². The molecule has 1 aromatic rings. The van der Waals surface area contributed by atoms with Crippen LogP contribution in [0.5, 0.6) is 0 Å². The summed E-state index contributed by atoms with van der Waals surface area (Å²) in [5, 5.41) is 9.96. The largest absolute Gasteiger partial charge is 0.357 e. The van der Waals surface area contributed by atoms with Crippen LogP contribution < -0.4 is 10.6 Å². The molecule has 1 aromatic heterocycles. The number of nitrogens with zero attached hydrogens (tertiary/aromatic N) is 2. The molecule has 112 valence electrons. The minimum absolute atomic E-state index is 0.887. The van der Waals surface area contributed by atoms with Crippen molar-refractivity contribution < 1.29 is 0 Å². The standard InChI is InChI=1S/C15H26N4S/c1-3-16-15(17-9-4-5-13-6-7-13)18-10-8-14-11-20-12(2)19-14/h11,13H,3-10H2,1-2H3,(H2,16,17,18). The van der Waals surface area contributed by atoms with Crippen molar-refractivity contribution in [3.8, 4) is 0 Å². The van der Waals surface area contributed by atoms with Gasteiger partial charge in [0.15, 0.2) is 5.96 Å². The topological polar surface area (TPSA) is 49.3 Å². The van der Waals surface area contributed by atoms with Crippen LogP contribution in [0.15, 0.2) is 10.4 Å². The summed E-state index contributed by atoms with van der Waals surface area (Å²) >= 11 is 1.71. The Hall–Kier alpha value is -1.10. The van der Waals surface area contributed by atoms with Crippen LogP contribution in [0.2, 0.25) is 0 Å². The van der Waals surface area contributed by atoms with Gasteiger partial charge >= 0.3 is 0 Å². The normalized spacial score (nSPS) is 15.4. The van der Waals surface area contributed by atoms with Gasteiger partial charge in [0.1, 0.15) is 0 Å². The molecule has 0 saturated heterocycles. The van der Waals surface area contributed by atoms with E-state index in [4.69, 9.17) is 0 Å². The van der Waals surface area contributed by atoms with Gasteiger partial charge in [-0.2, -0.15) is 0 Å². The summed E-state index contributed by atoms with van der Waals surface area (Å²) in [5.74, 6) is 1.95. The average molecular weight is 294 g/mol. The Morgan fingerprint density at radius 1 is 1.45 bits per heavy atom. The molecule has 1 aliphatic carbocycles.